The summed E-state index contributed by atoms with van der Waals surface area (Å²) >= 11 is 0. The topological polar surface area (TPSA) is 83.6 Å². The van der Waals surface area contributed by atoms with Crippen molar-refractivity contribution in [3.05, 3.63) is 144 Å². The molecule has 6 aromatic rings. The highest BCUT2D eigenvalue weighted by Crippen LogP contribution is 2.48. The van der Waals surface area contributed by atoms with E-state index in [4.69, 9.17) is 19.5 Å². The molecule has 0 saturated heterocycles. The molecule has 8 rings (SSSR count). The fourth-order valence-corrected chi connectivity index (χ4v) is 6.61. The molecule has 2 atom stereocenters. The Morgan fingerprint density at radius 2 is 0.913 bits per heavy atom. The zero-order valence-electron chi connectivity index (χ0n) is 25.1. The summed E-state index contributed by atoms with van der Waals surface area (Å²) in [6.07, 6.45) is 1.48. The number of nitrogens with zero attached hydrogens (tertiary/aromatic N) is 2. The van der Waals surface area contributed by atoms with E-state index in [1.54, 1.807) is 0 Å². The third-order valence-electron chi connectivity index (χ3n) is 8.81. The van der Waals surface area contributed by atoms with E-state index in [2.05, 4.69) is 24.3 Å². The number of rotatable bonds is 7. The summed E-state index contributed by atoms with van der Waals surface area (Å²) in [6, 6.07) is 39.9. The number of phenolic OH excluding ortho intramolecular Hbond substituents is 2. The second-order valence-electron chi connectivity index (χ2n) is 11.9. The molecule has 2 heterocycles. The summed E-state index contributed by atoms with van der Waals surface area (Å²) in [5.74, 6) is 0.813. The van der Waals surface area contributed by atoms with Crippen molar-refractivity contribution in [2.45, 2.75) is 24.9 Å². The van der Waals surface area contributed by atoms with E-state index in [-0.39, 0.29) is 23.6 Å². The van der Waals surface area contributed by atoms with Crippen molar-refractivity contribution >= 4 is 33.3 Å². The van der Waals surface area contributed by atoms with Gasteiger partial charge >= 0.3 is 0 Å². The molecule has 226 valence electrons. The van der Waals surface area contributed by atoms with Crippen LogP contribution in [0.3, 0.4) is 0 Å². The molecule has 0 fully saturated rings. The number of phenols is 2. The average Bonchev–Trinajstić information content (AvgIpc) is 3.76. The Morgan fingerprint density at radius 1 is 0.522 bits per heavy atom. The zero-order valence-corrected chi connectivity index (χ0v) is 25.1. The van der Waals surface area contributed by atoms with E-state index in [1.807, 2.05) is 97.1 Å². The monoisotopic (exact) mass is 604 g/mol. The molecule has 0 amide bonds. The van der Waals surface area contributed by atoms with Gasteiger partial charge < -0.3 is 19.7 Å². The Labute approximate surface area is 266 Å². The number of hydrogen-bond donors (Lipinski definition) is 2. The summed E-state index contributed by atoms with van der Waals surface area (Å²) < 4.78 is 12.2. The van der Waals surface area contributed by atoms with Gasteiger partial charge in [-0.25, -0.2) is 9.98 Å². The fourth-order valence-electron chi connectivity index (χ4n) is 6.61. The van der Waals surface area contributed by atoms with Crippen molar-refractivity contribution < 1.29 is 19.7 Å². The standard InChI is InChI=1S/C40H32N2O4/c43-37-33(39-41-29(23-45-39)19-25-11-3-1-4-12-25)21-27-15-7-9-17-31(27)35(37)36-32-18-10-8-16-28(32)22-34(38(36)44)40-42-30(24-46-40)20-26-13-5-2-6-14-26/h1-18,21-22,29-30,43-44H,19-20,23-24H2/t29-,30-/m0/s1. The van der Waals surface area contributed by atoms with Crippen LogP contribution in [0.5, 0.6) is 11.5 Å². The number of fused-ring (bicyclic) bond motifs is 2. The van der Waals surface area contributed by atoms with Gasteiger partial charge in [0.1, 0.15) is 24.7 Å². The summed E-state index contributed by atoms with van der Waals surface area (Å²) in [4.78, 5) is 9.79. The molecule has 0 bridgehead atoms. The van der Waals surface area contributed by atoms with Crippen LogP contribution in [0.15, 0.2) is 131 Å². The number of aliphatic imine (C=N–C) groups is 2. The molecule has 0 spiro atoms. The summed E-state index contributed by atoms with van der Waals surface area (Å²) in [6.45, 7) is 0.855. The minimum absolute atomic E-state index is 0.00615. The van der Waals surface area contributed by atoms with Crippen LogP contribution in [0.1, 0.15) is 22.3 Å². The maximum Gasteiger partial charge on any atom is 0.220 e. The fraction of sp³-hybridized carbons (Fsp3) is 0.150. The predicted molar refractivity (Wildman–Crippen MR) is 183 cm³/mol. The maximum atomic E-state index is 12.1. The van der Waals surface area contributed by atoms with Gasteiger partial charge in [0.25, 0.3) is 0 Å². The van der Waals surface area contributed by atoms with Crippen LogP contribution in [-0.2, 0) is 22.3 Å². The first-order valence-corrected chi connectivity index (χ1v) is 15.6. The molecule has 0 aliphatic carbocycles. The van der Waals surface area contributed by atoms with Gasteiger partial charge in [0.05, 0.1) is 23.2 Å². The molecular formula is C40H32N2O4. The lowest BCUT2D eigenvalue weighted by Gasteiger charge is -2.18. The van der Waals surface area contributed by atoms with Gasteiger partial charge in [-0.1, -0.05) is 109 Å². The third-order valence-corrected chi connectivity index (χ3v) is 8.81. The van der Waals surface area contributed by atoms with Crippen molar-refractivity contribution in [3.8, 4) is 22.6 Å². The molecule has 0 unspecified atom stereocenters. The lowest BCUT2D eigenvalue weighted by atomic mass is 9.88. The molecule has 6 aromatic carbocycles. The van der Waals surface area contributed by atoms with Gasteiger partial charge in [0, 0.05) is 11.1 Å². The second-order valence-corrected chi connectivity index (χ2v) is 11.9. The summed E-state index contributed by atoms with van der Waals surface area (Å²) in [5.41, 5.74) is 4.38. The van der Waals surface area contributed by atoms with E-state index in [9.17, 15) is 10.2 Å². The first kappa shape index (κ1) is 27.9. The molecule has 46 heavy (non-hydrogen) atoms. The smallest absolute Gasteiger partial charge is 0.220 e. The number of aromatic hydroxyl groups is 2. The van der Waals surface area contributed by atoms with E-state index in [1.165, 1.54) is 11.1 Å². The normalized spacial score (nSPS) is 17.5. The molecule has 6 heteroatoms. The zero-order chi connectivity index (χ0) is 31.0. The lowest BCUT2D eigenvalue weighted by molar-refractivity contribution is 0.315. The van der Waals surface area contributed by atoms with Gasteiger partial charge in [0.15, 0.2) is 0 Å². The second kappa shape index (κ2) is 11.7. The van der Waals surface area contributed by atoms with Crippen LogP contribution in [0.2, 0.25) is 0 Å². The number of hydrogen-bond acceptors (Lipinski definition) is 6. The highest BCUT2D eigenvalue weighted by Gasteiger charge is 2.30. The van der Waals surface area contributed by atoms with E-state index >= 15 is 0 Å². The van der Waals surface area contributed by atoms with Gasteiger partial charge in [0.2, 0.25) is 11.8 Å². The largest absolute Gasteiger partial charge is 0.506 e. The Bertz CT molecular complexity index is 1990. The molecule has 0 aromatic heterocycles. The third kappa shape index (κ3) is 5.12. The van der Waals surface area contributed by atoms with E-state index in [0.29, 0.717) is 47.3 Å². The van der Waals surface area contributed by atoms with Crippen molar-refractivity contribution in [1.82, 2.24) is 0 Å². The highest BCUT2D eigenvalue weighted by atomic mass is 16.5. The molecule has 2 aliphatic heterocycles. The lowest BCUT2D eigenvalue weighted by Crippen LogP contribution is -2.09. The Balaban J connectivity index is 1.27. The van der Waals surface area contributed by atoms with Crippen molar-refractivity contribution in [2.24, 2.45) is 9.98 Å². The minimum Gasteiger partial charge on any atom is -0.506 e. The molecule has 6 nitrogen and oxygen atoms in total. The molecule has 0 radical (unpaired) electrons. The van der Waals surface area contributed by atoms with E-state index in [0.717, 1.165) is 34.4 Å². The van der Waals surface area contributed by atoms with Crippen molar-refractivity contribution in [3.63, 3.8) is 0 Å². The van der Waals surface area contributed by atoms with Crippen LogP contribution in [0.25, 0.3) is 32.7 Å². The van der Waals surface area contributed by atoms with Gasteiger partial charge in [-0.2, -0.15) is 0 Å². The Morgan fingerprint density at radius 3 is 1.35 bits per heavy atom. The molecular weight excluding hydrogens is 572 g/mol. The van der Waals surface area contributed by atoms with Crippen molar-refractivity contribution in [1.29, 1.82) is 0 Å². The SMILES string of the molecule is Oc1c(C2=N[C@@H](Cc3ccccc3)CO2)cc2ccccc2c1-c1c(O)c(C2=N[C@@H](Cc3ccccc3)CO2)cc2ccccc12. The van der Waals surface area contributed by atoms with Crippen LogP contribution in [-0.4, -0.2) is 47.3 Å². The Hall–Kier alpha value is -5.62. The summed E-state index contributed by atoms with van der Waals surface area (Å²) in [5, 5.41) is 27.6. The summed E-state index contributed by atoms with van der Waals surface area (Å²) in [7, 11) is 0. The first-order valence-electron chi connectivity index (χ1n) is 15.6. The predicted octanol–water partition coefficient (Wildman–Crippen LogP) is 7.85. The number of benzene rings is 6. The van der Waals surface area contributed by atoms with Crippen molar-refractivity contribution in [2.75, 3.05) is 13.2 Å². The average molecular weight is 605 g/mol. The Kier molecular flexibility index (Phi) is 7.10. The van der Waals surface area contributed by atoms with Crippen LogP contribution < -0.4 is 0 Å². The molecule has 2 N–H and O–H groups in total. The maximum absolute atomic E-state index is 12.1. The molecule has 0 saturated carbocycles. The molecule has 2 aliphatic rings. The number of ether oxygens (including phenoxy) is 2. The van der Waals surface area contributed by atoms with Gasteiger partial charge in [-0.15, -0.1) is 0 Å². The minimum atomic E-state index is -0.0642. The van der Waals surface area contributed by atoms with E-state index < -0.39 is 0 Å². The first-order chi connectivity index (χ1) is 22.6. The van der Waals surface area contributed by atoms with Crippen LogP contribution in [0, 0.1) is 0 Å². The van der Waals surface area contributed by atoms with Crippen LogP contribution in [0.4, 0.5) is 0 Å². The van der Waals surface area contributed by atoms with Gasteiger partial charge in [-0.05, 0) is 57.6 Å². The van der Waals surface area contributed by atoms with Crippen LogP contribution >= 0.6 is 0 Å². The highest BCUT2D eigenvalue weighted by molar-refractivity contribution is 6.16. The quantitative estimate of drug-likeness (QED) is 0.194. The van der Waals surface area contributed by atoms with Gasteiger partial charge in [-0.3, -0.25) is 0 Å².